The Morgan fingerprint density at radius 2 is 1.70 bits per heavy atom. The molecule has 162 valence electrons. The second kappa shape index (κ2) is 9.60. The Balaban J connectivity index is 1.82. The highest BCUT2D eigenvalue weighted by atomic mass is 16.6. The number of nitrogens with zero attached hydrogens (tertiary/aromatic N) is 3. The van der Waals surface area contributed by atoms with E-state index in [2.05, 4.69) is 5.32 Å². The molecule has 30 heavy (non-hydrogen) atoms. The van der Waals surface area contributed by atoms with E-state index in [0.29, 0.717) is 38.7 Å². The van der Waals surface area contributed by atoms with E-state index in [-0.39, 0.29) is 12.7 Å². The molecule has 0 aliphatic carbocycles. The summed E-state index contributed by atoms with van der Waals surface area (Å²) >= 11 is 0. The second-order valence-electron chi connectivity index (χ2n) is 7.20. The number of ether oxygens (including phenoxy) is 2. The Morgan fingerprint density at radius 1 is 1.07 bits per heavy atom. The Kier molecular flexibility index (Phi) is 6.91. The molecule has 0 bridgehead atoms. The van der Waals surface area contributed by atoms with Gasteiger partial charge < -0.3 is 19.3 Å². The Labute approximate surface area is 176 Å². The van der Waals surface area contributed by atoms with Crippen molar-refractivity contribution in [3.05, 3.63) is 35.4 Å². The van der Waals surface area contributed by atoms with E-state index in [1.165, 1.54) is 0 Å². The molecule has 1 N–H and O–H groups in total. The monoisotopic (exact) mass is 416 g/mol. The lowest BCUT2D eigenvalue weighted by Crippen LogP contribution is -2.58. The van der Waals surface area contributed by atoms with Gasteiger partial charge in [-0.3, -0.25) is 14.9 Å². The van der Waals surface area contributed by atoms with E-state index in [1.54, 1.807) is 18.7 Å². The highest BCUT2D eigenvalue weighted by molar-refractivity contribution is 6.08. The third-order valence-electron chi connectivity index (χ3n) is 5.16. The Bertz CT molecular complexity index is 815. The van der Waals surface area contributed by atoms with Gasteiger partial charge in [0, 0.05) is 26.2 Å². The first kappa shape index (κ1) is 21.6. The van der Waals surface area contributed by atoms with Crippen molar-refractivity contribution in [2.24, 2.45) is 10.9 Å². The lowest BCUT2D eigenvalue weighted by atomic mass is 9.91. The van der Waals surface area contributed by atoms with Gasteiger partial charge in [-0.1, -0.05) is 29.8 Å². The molecule has 1 fully saturated rings. The molecule has 1 aromatic carbocycles. The molecule has 0 aromatic heterocycles. The molecule has 9 heteroatoms. The molecular formula is C21H28N4O5. The summed E-state index contributed by atoms with van der Waals surface area (Å²) in [4.78, 5) is 45.5. The summed E-state index contributed by atoms with van der Waals surface area (Å²) in [5.41, 5.74) is 1.85. The number of aryl methyl sites for hydroxylation is 1. The molecule has 2 aliphatic heterocycles. The summed E-state index contributed by atoms with van der Waals surface area (Å²) in [7, 11) is 0. The highest BCUT2D eigenvalue weighted by Gasteiger charge is 2.42. The predicted octanol–water partition coefficient (Wildman–Crippen LogP) is 1.48. The van der Waals surface area contributed by atoms with E-state index >= 15 is 0 Å². The van der Waals surface area contributed by atoms with Gasteiger partial charge >= 0.3 is 12.1 Å². The average Bonchev–Trinajstić information content (AvgIpc) is 2.74. The number of nitrogens with one attached hydrogen (secondary N) is 1. The fourth-order valence-corrected chi connectivity index (χ4v) is 3.54. The standard InChI is InChI=1S/C21H28N4O5/c1-4-29-19(27)16-17(15-8-6-14(3)7-9-15)22-20(23-18(16)26)24-10-12-25(13-11-24)21(28)30-5-2/h6-9,16-17H,4-5,10-13H2,1-3H3,(H,22,23,26)/t16-,17+/m1/s1. The van der Waals surface area contributed by atoms with Crippen LogP contribution in [0.5, 0.6) is 0 Å². The van der Waals surface area contributed by atoms with Crippen LogP contribution in [0.15, 0.2) is 29.3 Å². The van der Waals surface area contributed by atoms with Crippen molar-refractivity contribution >= 4 is 23.9 Å². The van der Waals surface area contributed by atoms with Crippen LogP contribution in [0.2, 0.25) is 0 Å². The van der Waals surface area contributed by atoms with Gasteiger partial charge in [-0.25, -0.2) is 9.79 Å². The maximum Gasteiger partial charge on any atom is 0.409 e. The summed E-state index contributed by atoms with van der Waals surface area (Å²) in [6.07, 6.45) is -0.341. The summed E-state index contributed by atoms with van der Waals surface area (Å²) in [5.74, 6) is -1.65. The average molecular weight is 416 g/mol. The fraction of sp³-hybridized carbons (Fsp3) is 0.524. The van der Waals surface area contributed by atoms with Crippen molar-refractivity contribution in [3.63, 3.8) is 0 Å². The molecule has 0 radical (unpaired) electrons. The summed E-state index contributed by atoms with van der Waals surface area (Å²) in [6, 6.07) is 6.95. The zero-order valence-electron chi connectivity index (χ0n) is 17.6. The van der Waals surface area contributed by atoms with Crippen molar-refractivity contribution in [1.29, 1.82) is 0 Å². The van der Waals surface area contributed by atoms with Gasteiger partial charge in [0.2, 0.25) is 11.9 Å². The van der Waals surface area contributed by atoms with E-state index in [0.717, 1.165) is 11.1 Å². The number of carbonyl (C=O) groups is 3. The topological polar surface area (TPSA) is 101 Å². The largest absolute Gasteiger partial charge is 0.465 e. The first-order valence-corrected chi connectivity index (χ1v) is 10.2. The summed E-state index contributed by atoms with van der Waals surface area (Å²) in [6.45, 7) is 7.89. The van der Waals surface area contributed by atoms with Crippen molar-refractivity contribution in [1.82, 2.24) is 15.1 Å². The molecule has 2 aliphatic rings. The minimum absolute atomic E-state index is 0.190. The van der Waals surface area contributed by atoms with E-state index in [1.807, 2.05) is 36.1 Å². The number of benzene rings is 1. The molecule has 1 saturated heterocycles. The van der Waals surface area contributed by atoms with Gasteiger partial charge in [0.25, 0.3) is 0 Å². The highest BCUT2D eigenvalue weighted by Crippen LogP contribution is 2.31. The number of guanidine groups is 1. The molecule has 2 atom stereocenters. The first-order valence-electron chi connectivity index (χ1n) is 10.2. The second-order valence-corrected chi connectivity index (χ2v) is 7.20. The zero-order chi connectivity index (χ0) is 21.7. The minimum Gasteiger partial charge on any atom is -0.465 e. The van der Waals surface area contributed by atoms with Gasteiger partial charge in [0.05, 0.1) is 13.2 Å². The normalized spacial score (nSPS) is 21.6. The number of piperazine rings is 1. The number of esters is 1. The van der Waals surface area contributed by atoms with Crippen LogP contribution in [0.3, 0.4) is 0 Å². The van der Waals surface area contributed by atoms with Crippen LogP contribution in [-0.4, -0.2) is 73.1 Å². The van der Waals surface area contributed by atoms with Gasteiger partial charge in [0.1, 0.15) is 6.04 Å². The lowest BCUT2D eigenvalue weighted by molar-refractivity contribution is -0.153. The summed E-state index contributed by atoms with van der Waals surface area (Å²) < 4.78 is 10.2. The maximum atomic E-state index is 12.9. The molecule has 3 rings (SSSR count). The molecule has 1 aromatic rings. The van der Waals surface area contributed by atoms with Gasteiger partial charge in [-0.05, 0) is 26.3 Å². The van der Waals surface area contributed by atoms with Crippen molar-refractivity contribution in [2.45, 2.75) is 26.8 Å². The number of rotatable bonds is 4. The molecular weight excluding hydrogens is 388 g/mol. The number of hydrogen-bond donors (Lipinski definition) is 1. The van der Waals surface area contributed by atoms with Crippen molar-refractivity contribution < 1.29 is 23.9 Å². The molecule has 2 amide bonds. The first-order chi connectivity index (χ1) is 14.4. The van der Waals surface area contributed by atoms with Gasteiger partial charge in [0.15, 0.2) is 5.92 Å². The Morgan fingerprint density at radius 3 is 2.30 bits per heavy atom. The van der Waals surface area contributed by atoms with Gasteiger partial charge in [-0.2, -0.15) is 0 Å². The number of hydrogen-bond acceptors (Lipinski definition) is 7. The molecule has 0 unspecified atom stereocenters. The van der Waals surface area contributed by atoms with E-state index in [4.69, 9.17) is 14.5 Å². The van der Waals surface area contributed by atoms with Crippen LogP contribution in [-0.2, 0) is 19.1 Å². The van der Waals surface area contributed by atoms with Crippen LogP contribution < -0.4 is 5.32 Å². The van der Waals surface area contributed by atoms with Crippen LogP contribution in [0.4, 0.5) is 4.79 Å². The predicted molar refractivity (Wildman–Crippen MR) is 110 cm³/mol. The van der Waals surface area contributed by atoms with Crippen LogP contribution >= 0.6 is 0 Å². The number of carbonyl (C=O) groups excluding carboxylic acids is 3. The number of aliphatic imine (C=N–C) groups is 1. The maximum absolute atomic E-state index is 12.9. The van der Waals surface area contributed by atoms with Crippen molar-refractivity contribution in [3.8, 4) is 0 Å². The zero-order valence-corrected chi connectivity index (χ0v) is 17.6. The quantitative estimate of drug-likeness (QED) is 0.589. The third-order valence-corrected chi connectivity index (χ3v) is 5.16. The van der Waals surface area contributed by atoms with Crippen LogP contribution in [0, 0.1) is 12.8 Å². The smallest absolute Gasteiger partial charge is 0.409 e. The SMILES string of the molecule is CCOC(=O)[C@H]1C(=O)NC(N2CCN(C(=O)OCC)CC2)=N[C@H]1c1ccc(C)cc1. The lowest BCUT2D eigenvalue weighted by Gasteiger charge is -2.38. The molecule has 0 spiro atoms. The molecule has 2 heterocycles. The van der Waals surface area contributed by atoms with E-state index < -0.39 is 23.8 Å². The fourth-order valence-electron chi connectivity index (χ4n) is 3.54. The number of amides is 2. The van der Waals surface area contributed by atoms with E-state index in [9.17, 15) is 14.4 Å². The van der Waals surface area contributed by atoms with Gasteiger partial charge in [-0.15, -0.1) is 0 Å². The van der Waals surface area contributed by atoms with Crippen molar-refractivity contribution in [2.75, 3.05) is 39.4 Å². The molecule has 0 saturated carbocycles. The van der Waals surface area contributed by atoms with Crippen LogP contribution in [0.25, 0.3) is 0 Å². The minimum atomic E-state index is -1.04. The summed E-state index contributed by atoms with van der Waals surface area (Å²) in [5, 5.41) is 2.76. The third kappa shape index (κ3) is 4.72. The molecule has 9 nitrogen and oxygen atoms in total. The van der Waals surface area contributed by atoms with Crippen LogP contribution in [0.1, 0.15) is 31.0 Å². The Hall–Kier alpha value is -3.10.